The number of nitrogens with one attached hydrogen (secondary N) is 2. The van der Waals surface area contributed by atoms with E-state index in [1.165, 1.54) is 25.6 Å². The monoisotopic (exact) mass is 344 g/mol. The Bertz CT molecular complexity index is 732. The van der Waals surface area contributed by atoms with Gasteiger partial charge in [-0.25, -0.2) is 9.97 Å². The number of methoxy groups -OCH3 is 1. The average Bonchev–Trinajstić information content (AvgIpc) is 2.59. The molecular formula is C17H20N4O4. The van der Waals surface area contributed by atoms with Gasteiger partial charge in [0, 0.05) is 12.3 Å². The van der Waals surface area contributed by atoms with Crippen LogP contribution in [0, 0.1) is 0 Å². The number of ether oxygens (including phenoxy) is 2. The minimum Gasteiger partial charge on any atom is -0.495 e. The Morgan fingerprint density at radius 2 is 1.96 bits per heavy atom. The maximum absolute atomic E-state index is 11.9. The van der Waals surface area contributed by atoms with Crippen LogP contribution >= 0.6 is 0 Å². The van der Waals surface area contributed by atoms with Crippen molar-refractivity contribution in [3.63, 3.8) is 0 Å². The molecule has 0 bridgehead atoms. The highest BCUT2D eigenvalue weighted by atomic mass is 16.5. The van der Waals surface area contributed by atoms with Crippen molar-refractivity contribution >= 4 is 17.6 Å². The smallest absolute Gasteiger partial charge is 0.270 e. The van der Waals surface area contributed by atoms with Gasteiger partial charge in [0.2, 0.25) is 5.91 Å². The van der Waals surface area contributed by atoms with Gasteiger partial charge in [-0.1, -0.05) is 0 Å². The molecule has 0 aliphatic heterocycles. The van der Waals surface area contributed by atoms with Crippen LogP contribution in [-0.2, 0) is 4.79 Å². The standard InChI is InChI=1S/C17H20N4O4/c1-11(2)25-12-6-7-18-15(8-12)21-16(22)10-20-17(23)14-5-4-13(24-3)9-19-14/h4-9,11H,10H2,1-3H3,(H,20,23)(H,18,21,22). The second-order valence-electron chi connectivity index (χ2n) is 5.36. The van der Waals surface area contributed by atoms with Gasteiger partial charge in [0.1, 0.15) is 23.0 Å². The minimum atomic E-state index is -0.456. The molecule has 2 heterocycles. The SMILES string of the molecule is COc1ccc(C(=O)NCC(=O)Nc2cc(OC(C)C)ccn2)nc1. The van der Waals surface area contributed by atoms with Crippen molar-refractivity contribution in [1.82, 2.24) is 15.3 Å². The summed E-state index contributed by atoms with van der Waals surface area (Å²) in [6, 6.07) is 6.45. The summed E-state index contributed by atoms with van der Waals surface area (Å²) in [6.45, 7) is 3.60. The third kappa shape index (κ3) is 5.76. The van der Waals surface area contributed by atoms with Gasteiger partial charge in [-0.15, -0.1) is 0 Å². The van der Waals surface area contributed by atoms with Gasteiger partial charge in [-0.05, 0) is 32.0 Å². The van der Waals surface area contributed by atoms with Crippen LogP contribution in [0.15, 0.2) is 36.7 Å². The number of hydrogen-bond donors (Lipinski definition) is 2. The molecule has 0 unspecified atom stereocenters. The third-order valence-electron chi connectivity index (χ3n) is 2.98. The fourth-order valence-corrected chi connectivity index (χ4v) is 1.90. The molecule has 0 fully saturated rings. The maximum Gasteiger partial charge on any atom is 0.270 e. The van der Waals surface area contributed by atoms with Crippen LogP contribution in [0.2, 0.25) is 0 Å². The van der Waals surface area contributed by atoms with Crippen LogP contribution in [0.3, 0.4) is 0 Å². The summed E-state index contributed by atoms with van der Waals surface area (Å²) >= 11 is 0. The van der Waals surface area contributed by atoms with E-state index in [0.29, 0.717) is 17.3 Å². The minimum absolute atomic E-state index is 0.0160. The number of nitrogens with zero attached hydrogens (tertiary/aromatic N) is 2. The van der Waals surface area contributed by atoms with Gasteiger partial charge < -0.3 is 20.1 Å². The fourth-order valence-electron chi connectivity index (χ4n) is 1.90. The number of pyridine rings is 2. The molecule has 0 atom stereocenters. The first kappa shape index (κ1) is 18.2. The molecule has 2 amide bonds. The van der Waals surface area contributed by atoms with Crippen molar-refractivity contribution in [2.24, 2.45) is 0 Å². The van der Waals surface area contributed by atoms with E-state index < -0.39 is 11.8 Å². The van der Waals surface area contributed by atoms with Gasteiger partial charge in [0.15, 0.2) is 0 Å². The van der Waals surface area contributed by atoms with Crippen LogP contribution in [0.25, 0.3) is 0 Å². The largest absolute Gasteiger partial charge is 0.495 e. The van der Waals surface area contributed by atoms with Crippen molar-refractivity contribution in [3.8, 4) is 11.5 Å². The Labute approximate surface area is 145 Å². The molecular weight excluding hydrogens is 324 g/mol. The molecule has 8 nitrogen and oxygen atoms in total. The van der Waals surface area contributed by atoms with Crippen LogP contribution in [0.5, 0.6) is 11.5 Å². The van der Waals surface area contributed by atoms with E-state index in [4.69, 9.17) is 9.47 Å². The summed E-state index contributed by atoms with van der Waals surface area (Å²) in [5.41, 5.74) is 0.194. The number of hydrogen-bond acceptors (Lipinski definition) is 6. The van der Waals surface area contributed by atoms with E-state index in [1.807, 2.05) is 13.8 Å². The Balaban J connectivity index is 1.86. The van der Waals surface area contributed by atoms with Crippen molar-refractivity contribution in [2.75, 3.05) is 19.0 Å². The summed E-state index contributed by atoms with van der Waals surface area (Å²) in [4.78, 5) is 31.9. The first-order valence-corrected chi connectivity index (χ1v) is 7.68. The van der Waals surface area contributed by atoms with Gasteiger partial charge in [-0.2, -0.15) is 0 Å². The third-order valence-corrected chi connectivity index (χ3v) is 2.98. The zero-order chi connectivity index (χ0) is 18.2. The predicted molar refractivity (Wildman–Crippen MR) is 91.8 cm³/mol. The number of aromatic nitrogens is 2. The molecule has 0 aromatic carbocycles. The van der Waals surface area contributed by atoms with Gasteiger partial charge in [0.25, 0.3) is 5.91 Å². The molecule has 8 heteroatoms. The highest BCUT2D eigenvalue weighted by molar-refractivity contribution is 5.98. The van der Waals surface area contributed by atoms with E-state index in [-0.39, 0.29) is 18.3 Å². The van der Waals surface area contributed by atoms with E-state index in [2.05, 4.69) is 20.6 Å². The first-order chi connectivity index (χ1) is 12.0. The molecule has 0 aliphatic rings. The normalized spacial score (nSPS) is 10.2. The predicted octanol–water partition coefficient (Wildman–Crippen LogP) is 1.64. The average molecular weight is 344 g/mol. The molecule has 0 saturated carbocycles. The highest BCUT2D eigenvalue weighted by Crippen LogP contribution is 2.15. The summed E-state index contributed by atoms with van der Waals surface area (Å²) in [7, 11) is 1.51. The van der Waals surface area contributed by atoms with Crippen LogP contribution < -0.4 is 20.1 Å². The van der Waals surface area contributed by atoms with Crippen LogP contribution in [0.4, 0.5) is 5.82 Å². The zero-order valence-electron chi connectivity index (χ0n) is 14.3. The molecule has 2 rings (SSSR count). The lowest BCUT2D eigenvalue weighted by atomic mass is 10.3. The molecule has 0 aliphatic carbocycles. The van der Waals surface area contributed by atoms with Gasteiger partial charge in [0.05, 0.1) is 26.0 Å². The number of amides is 2. The number of carbonyl (C=O) groups excluding carboxylic acids is 2. The van der Waals surface area contributed by atoms with E-state index in [1.54, 1.807) is 18.2 Å². The summed E-state index contributed by atoms with van der Waals surface area (Å²) < 4.78 is 10.5. The zero-order valence-corrected chi connectivity index (χ0v) is 14.3. The van der Waals surface area contributed by atoms with E-state index in [9.17, 15) is 9.59 Å². The van der Waals surface area contributed by atoms with Gasteiger partial charge in [-0.3, -0.25) is 9.59 Å². The molecule has 0 spiro atoms. The van der Waals surface area contributed by atoms with E-state index >= 15 is 0 Å². The highest BCUT2D eigenvalue weighted by Gasteiger charge is 2.10. The molecule has 2 N–H and O–H groups in total. The Hall–Kier alpha value is -3.16. The summed E-state index contributed by atoms with van der Waals surface area (Å²) in [5, 5.41) is 5.09. The lowest BCUT2D eigenvalue weighted by Gasteiger charge is -2.11. The Morgan fingerprint density at radius 1 is 1.16 bits per heavy atom. The molecule has 0 radical (unpaired) electrons. The molecule has 132 valence electrons. The second-order valence-corrected chi connectivity index (χ2v) is 5.36. The maximum atomic E-state index is 11.9. The number of anilines is 1. The van der Waals surface area contributed by atoms with Crippen molar-refractivity contribution in [2.45, 2.75) is 20.0 Å². The fraction of sp³-hybridized carbons (Fsp3) is 0.294. The van der Waals surface area contributed by atoms with Crippen molar-refractivity contribution < 1.29 is 19.1 Å². The van der Waals surface area contributed by atoms with E-state index in [0.717, 1.165) is 0 Å². The first-order valence-electron chi connectivity index (χ1n) is 7.68. The van der Waals surface area contributed by atoms with Crippen LogP contribution in [-0.4, -0.2) is 41.5 Å². The Kier molecular flexibility index (Phi) is 6.27. The lowest BCUT2D eigenvalue weighted by molar-refractivity contribution is -0.115. The molecule has 2 aromatic heterocycles. The second kappa shape index (κ2) is 8.62. The molecule has 2 aromatic rings. The summed E-state index contributed by atoms with van der Waals surface area (Å²) in [5.74, 6) is 0.634. The number of rotatable bonds is 7. The molecule has 25 heavy (non-hydrogen) atoms. The topological polar surface area (TPSA) is 102 Å². The summed E-state index contributed by atoms with van der Waals surface area (Å²) in [6.07, 6.45) is 2.98. The van der Waals surface area contributed by atoms with Crippen molar-refractivity contribution in [1.29, 1.82) is 0 Å². The lowest BCUT2D eigenvalue weighted by Crippen LogP contribution is -2.33. The van der Waals surface area contributed by atoms with Gasteiger partial charge >= 0.3 is 0 Å². The Morgan fingerprint density at radius 3 is 2.60 bits per heavy atom. The van der Waals surface area contributed by atoms with Crippen molar-refractivity contribution in [3.05, 3.63) is 42.4 Å². The molecule has 0 saturated heterocycles. The van der Waals surface area contributed by atoms with Crippen LogP contribution in [0.1, 0.15) is 24.3 Å². The number of carbonyl (C=O) groups is 2. The quantitative estimate of drug-likeness (QED) is 0.792.